The van der Waals surface area contributed by atoms with Gasteiger partial charge >= 0.3 is 0 Å². The van der Waals surface area contributed by atoms with Gasteiger partial charge in [0.2, 0.25) is 10.0 Å². The van der Waals surface area contributed by atoms with Crippen LogP contribution >= 0.6 is 0 Å². The summed E-state index contributed by atoms with van der Waals surface area (Å²) in [7, 11) is -3.53. The van der Waals surface area contributed by atoms with Crippen LogP contribution in [0.4, 0.5) is 4.39 Å². The molecule has 0 radical (unpaired) electrons. The molecule has 3 nitrogen and oxygen atoms in total. The fourth-order valence-corrected chi connectivity index (χ4v) is 3.75. The van der Waals surface area contributed by atoms with E-state index in [1.807, 2.05) is 0 Å². The highest BCUT2D eigenvalue weighted by Crippen LogP contribution is 2.25. The lowest BCUT2D eigenvalue weighted by atomic mass is 9.87. The third kappa shape index (κ3) is 3.09. The molecule has 18 heavy (non-hydrogen) atoms. The summed E-state index contributed by atoms with van der Waals surface area (Å²) in [6.45, 7) is 2.07. The molecule has 2 unspecified atom stereocenters. The normalized spacial score (nSPS) is 25.0. The molecular weight excluding hydrogens is 253 g/mol. The molecule has 5 heteroatoms. The van der Waals surface area contributed by atoms with Gasteiger partial charge in [-0.2, -0.15) is 0 Å². The molecule has 1 fully saturated rings. The molecule has 1 aliphatic rings. The maximum atomic E-state index is 12.8. The predicted molar refractivity (Wildman–Crippen MR) is 68.1 cm³/mol. The maximum Gasteiger partial charge on any atom is 0.240 e. The largest absolute Gasteiger partial charge is 0.240 e. The Kier molecular flexibility index (Phi) is 4.02. The summed E-state index contributed by atoms with van der Waals surface area (Å²) in [4.78, 5) is 0.127. The van der Waals surface area contributed by atoms with Crippen LogP contribution in [0.1, 0.15) is 32.6 Å². The summed E-state index contributed by atoms with van der Waals surface area (Å²) in [6.07, 6.45) is 4.15. The second-order valence-electron chi connectivity index (χ2n) is 4.94. The molecule has 0 aliphatic heterocycles. The van der Waals surface area contributed by atoms with Crippen molar-refractivity contribution in [1.82, 2.24) is 4.72 Å². The summed E-state index contributed by atoms with van der Waals surface area (Å²) in [5, 5.41) is 0. The van der Waals surface area contributed by atoms with Crippen LogP contribution in [-0.2, 0) is 10.0 Å². The Balaban J connectivity index is 2.13. The van der Waals surface area contributed by atoms with Gasteiger partial charge in [-0.3, -0.25) is 0 Å². The monoisotopic (exact) mass is 271 g/mol. The Morgan fingerprint density at radius 2 is 1.78 bits per heavy atom. The topological polar surface area (TPSA) is 46.2 Å². The van der Waals surface area contributed by atoms with Crippen molar-refractivity contribution in [1.29, 1.82) is 0 Å². The molecule has 0 amide bonds. The van der Waals surface area contributed by atoms with Crippen molar-refractivity contribution in [2.45, 2.75) is 43.5 Å². The molecule has 100 valence electrons. The fourth-order valence-electron chi connectivity index (χ4n) is 2.37. The minimum absolute atomic E-state index is 0.00574. The van der Waals surface area contributed by atoms with E-state index >= 15 is 0 Å². The molecule has 1 aromatic carbocycles. The summed E-state index contributed by atoms with van der Waals surface area (Å²) in [5.41, 5.74) is 0. The number of nitrogens with one attached hydrogen (secondary N) is 1. The zero-order valence-electron chi connectivity index (χ0n) is 10.4. The number of sulfonamides is 1. The van der Waals surface area contributed by atoms with Crippen LogP contribution in [0.15, 0.2) is 29.2 Å². The first-order chi connectivity index (χ1) is 8.49. The summed E-state index contributed by atoms with van der Waals surface area (Å²) >= 11 is 0. The van der Waals surface area contributed by atoms with E-state index in [0.29, 0.717) is 5.92 Å². The second kappa shape index (κ2) is 5.36. The maximum absolute atomic E-state index is 12.8. The Bertz CT molecular complexity index is 498. The highest BCUT2D eigenvalue weighted by atomic mass is 32.2. The molecule has 0 heterocycles. The number of hydrogen-bond acceptors (Lipinski definition) is 2. The van der Waals surface area contributed by atoms with Gasteiger partial charge in [-0.1, -0.05) is 19.8 Å². The summed E-state index contributed by atoms with van der Waals surface area (Å²) in [5.74, 6) is -0.0750. The van der Waals surface area contributed by atoms with E-state index in [9.17, 15) is 12.8 Å². The Morgan fingerprint density at radius 1 is 1.17 bits per heavy atom. The van der Waals surface area contributed by atoms with E-state index in [0.717, 1.165) is 25.7 Å². The molecule has 1 aliphatic carbocycles. The molecule has 1 aromatic rings. The van der Waals surface area contributed by atoms with E-state index in [-0.39, 0.29) is 10.9 Å². The smallest absolute Gasteiger partial charge is 0.208 e. The van der Waals surface area contributed by atoms with Crippen molar-refractivity contribution in [3.63, 3.8) is 0 Å². The van der Waals surface area contributed by atoms with Crippen LogP contribution in [0, 0.1) is 11.7 Å². The molecule has 1 saturated carbocycles. The van der Waals surface area contributed by atoms with E-state index in [2.05, 4.69) is 11.6 Å². The number of benzene rings is 1. The molecule has 1 N–H and O–H groups in total. The van der Waals surface area contributed by atoms with E-state index in [1.54, 1.807) is 0 Å². The first-order valence-corrected chi connectivity index (χ1v) is 7.75. The van der Waals surface area contributed by atoms with Crippen LogP contribution in [0.3, 0.4) is 0 Å². The molecule has 0 bridgehead atoms. The fraction of sp³-hybridized carbons (Fsp3) is 0.538. The average Bonchev–Trinajstić information content (AvgIpc) is 2.32. The molecular formula is C13H18FNO2S. The van der Waals surface area contributed by atoms with Gasteiger partial charge in [0.15, 0.2) is 0 Å². The molecule has 2 rings (SSSR count). The Morgan fingerprint density at radius 3 is 2.39 bits per heavy atom. The molecule has 2 atom stereocenters. The van der Waals surface area contributed by atoms with Gasteiger partial charge in [0.25, 0.3) is 0 Å². The minimum atomic E-state index is -3.53. The van der Waals surface area contributed by atoms with Crippen molar-refractivity contribution in [3.05, 3.63) is 30.1 Å². The van der Waals surface area contributed by atoms with Crippen LogP contribution in [0.25, 0.3) is 0 Å². The summed E-state index contributed by atoms with van der Waals surface area (Å²) in [6, 6.07) is 4.92. The van der Waals surface area contributed by atoms with Crippen molar-refractivity contribution < 1.29 is 12.8 Å². The Labute approximate surface area is 107 Å². The lowest BCUT2D eigenvalue weighted by Crippen LogP contribution is -2.40. The number of rotatable bonds is 3. The third-order valence-corrected chi connectivity index (χ3v) is 5.05. The van der Waals surface area contributed by atoms with Crippen molar-refractivity contribution in [3.8, 4) is 0 Å². The standard InChI is InChI=1S/C13H18FNO2S/c1-10-4-2-3-5-13(10)15-18(16,17)12-8-6-11(14)7-9-12/h6-10,13,15H,2-5H2,1H3. The number of hydrogen-bond donors (Lipinski definition) is 1. The zero-order valence-corrected chi connectivity index (χ0v) is 11.2. The van der Waals surface area contributed by atoms with E-state index in [1.165, 1.54) is 24.3 Å². The molecule has 0 saturated heterocycles. The van der Waals surface area contributed by atoms with Crippen LogP contribution in [0.2, 0.25) is 0 Å². The van der Waals surface area contributed by atoms with Gasteiger partial charge in [-0.05, 0) is 43.0 Å². The van der Waals surface area contributed by atoms with Gasteiger partial charge in [-0.25, -0.2) is 17.5 Å². The lowest BCUT2D eigenvalue weighted by molar-refractivity contribution is 0.310. The van der Waals surface area contributed by atoms with Gasteiger partial charge in [0, 0.05) is 6.04 Å². The van der Waals surface area contributed by atoms with Crippen LogP contribution < -0.4 is 4.72 Å². The minimum Gasteiger partial charge on any atom is -0.208 e. The first-order valence-electron chi connectivity index (χ1n) is 6.27. The third-order valence-electron chi connectivity index (χ3n) is 3.54. The number of halogens is 1. The molecule has 0 aromatic heterocycles. The highest BCUT2D eigenvalue weighted by molar-refractivity contribution is 7.89. The molecule has 0 spiro atoms. The van der Waals surface area contributed by atoms with Gasteiger partial charge in [0.05, 0.1) is 4.90 Å². The quantitative estimate of drug-likeness (QED) is 0.918. The zero-order chi connectivity index (χ0) is 13.2. The second-order valence-corrected chi connectivity index (χ2v) is 6.66. The van der Waals surface area contributed by atoms with E-state index < -0.39 is 15.8 Å². The van der Waals surface area contributed by atoms with Gasteiger partial charge in [-0.15, -0.1) is 0 Å². The van der Waals surface area contributed by atoms with Crippen molar-refractivity contribution in [2.24, 2.45) is 5.92 Å². The lowest BCUT2D eigenvalue weighted by Gasteiger charge is -2.29. The SMILES string of the molecule is CC1CCCCC1NS(=O)(=O)c1ccc(F)cc1. The predicted octanol–water partition coefficient (Wildman–Crippen LogP) is 2.68. The average molecular weight is 271 g/mol. The highest BCUT2D eigenvalue weighted by Gasteiger charge is 2.26. The van der Waals surface area contributed by atoms with Crippen LogP contribution in [-0.4, -0.2) is 14.5 Å². The van der Waals surface area contributed by atoms with Gasteiger partial charge in [0.1, 0.15) is 5.82 Å². The van der Waals surface area contributed by atoms with E-state index in [4.69, 9.17) is 0 Å². The Hall–Kier alpha value is -0.940. The van der Waals surface area contributed by atoms with Crippen molar-refractivity contribution >= 4 is 10.0 Å². The van der Waals surface area contributed by atoms with Gasteiger partial charge < -0.3 is 0 Å². The van der Waals surface area contributed by atoms with Crippen molar-refractivity contribution in [2.75, 3.05) is 0 Å². The first kappa shape index (κ1) is 13.5. The van der Waals surface area contributed by atoms with Crippen LogP contribution in [0.5, 0.6) is 0 Å². The summed E-state index contributed by atoms with van der Waals surface area (Å²) < 4.78 is 39.8.